The summed E-state index contributed by atoms with van der Waals surface area (Å²) < 4.78 is 52.0. The number of halogens is 3. The van der Waals surface area contributed by atoms with Crippen LogP contribution in [0.15, 0.2) is 21.8 Å². The van der Waals surface area contributed by atoms with E-state index < -0.39 is 22.9 Å². The van der Waals surface area contributed by atoms with Gasteiger partial charge in [0.2, 0.25) is 0 Å². The quantitative estimate of drug-likeness (QED) is 0.778. The molecule has 1 aromatic heterocycles. The lowest BCUT2D eigenvalue weighted by Crippen LogP contribution is -2.09. The van der Waals surface area contributed by atoms with E-state index in [1.807, 2.05) is 0 Å². The van der Waals surface area contributed by atoms with E-state index in [1.165, 1.54) is 13.0 Å². The molecule has 0 N–H and O–H groups in total. The third-order valence-electron chi connectivity index (χ3n) is 1.89. The lowest BCUT2D eigenvalue weighted by molar-refractivity contribution is 0.0812. The van der Waals surface area contributed by atoms with Crippen molar-refractivity contribution in [3.8, 4) is 5.75 Å². The molecule has 0 aromatic carbocycles. The molecule has 8 heteroatoms. The maximum absolute atomic E-state index is 12.0. The zero-order valence-corrected chi connectivity index (χ0v) is 11.3. The first-order chi connectivity index (χ1) is 7.86. The van der Waals surface area contributed by atoms with Crippen LogP contribution in [0, 0.1) is 0 Å². The summed E-state index contributed by atoms with van der Waals surface area (Å²) in [6, 6.07) is 1.18. The standard InChI is InChI=1S/C9H10BrF2NO3S/c1-2-17(14,15)6-3-7(9(10)13-4-6)16-5-8(11)12/h3-4,8H,2,5H2,1H3. The van der Waals surface area contributed by atoms with E-state index in [9.17, 15) is 17.2 Å². The molecule has 0 atom stereocenters. The molecule has 96 valence electrons. The van der Waals surface area contributed by atoms with Gasteiger partial charge in [-0.25, -0.2) is 22.2 Å². The number of pyridine rings is 1. The van der Waals surface area contributed by atoms with Crippen LogP contribution in [-0.2, 0) is 9.84 Å². The van der Waals surface area contributed by atoms with E-state index in [-0.39, 0.29) is 21.0 Å². The third-order valence-corrected chi connectivity index (χ3v) is 4.18. The second-order valence-electron chi connectivity index (χ2n) is 3.07. The van der Waals surface area contributed by atoms with Gasteiger partial charge >= 0.3 is 0 Å². The fourth-order valence-electron chi connectivity index (χ4n) is 1.00. The third kappa shape index (κ3) is 3.88. The Kier molecular flexibility index (Phi) is 4.81. The van der Waals surface area contributed by atoms with E-state index in [0.717, 1.165) is 6.20 Å². The van der Waals surface area contributed by atoms with Gasteiger partial charge in [0.25, 0.3) is 6.43 Å². The number of ether oxygens (including phenoxy) is 1. The molecular formula is C9H10BrF2NO3S. The molecule has 1 rings (SSSR count). The number of aromatic nitrogens is 1. The zero-order chi connectivity index (χ0) is 13.1. The van der Waals surface area contributed by atoms with Gasteiger partial charge in [-0.1, -0.05) is 6.92 Å². The average molecular weight is 330 g/mol. The lowest BCUT2D eigenvalue weighted by atomic mass is 10.4. The smallest absolute Gasteiger partial charge is 0.272 e. The van der Waals surface area contributed by atoms with Crippen LogP contribution < -0.4 is 4.74 Å². The van der Waals surface area contributed by atoms with Crippen molar-refractivity contribution >= 4 is 25.8 Å². The molecule has 0 saturated carbocycles. The fraction of sp³-hybridized carbons (Fsp3) is 0.444. The van der Waals surface area contributed by atoms with Crippen molar-refractivity contribution in [3.05, 3.63) is 16.9 Å². The van der Waals surface area contributed by atoms with E-state index in [0.29, 0.717) is 0 Å². The Labute approximate surface area is 106 Å². The SMILES string of the molecule is CCS(=O)(=O)c1cnc(Br)c(OCC(F)F)c1. The second-order valence-corrected chi connectivity index (χ2v) is 6.09. The van der Waals surface area contributed by atoms with E-state index in [2.05, 4.69) is 20.9 Å². The van der Waals surface area contributed by atoms with Crippen LogP contribution in [0.1, 0.15) is 6.92 Å². The number of nitrogens with zero attached hydrogens (tertiary/aromatic N) is 1. The first-order valence-corrected chi connectivity index (χ1v) is 7.10. The fourth-order valence-corrected chi connectivity index (χ4v) is 2.17. The van der Waals surface area contributed by atoms with Gasteiger partial charge in [-0.2, -0.15) is 0 Å². The molecule has 0 saturated heterocycles. The van der Waals surface area contributed by atoms with Gasteiger partial charge in [-0.05, 0) is 15.9 Å². The van der Waals surface area contributed by atoms with Gasteiger partial charge in [0.15, 0.2) is 15.6 Å². The molecule has 0 aliphatic carbocycles. The second kappa shape index (κ2) is 5.72. The zero-order valence-electron chi connectivity index (χ0n) is 8.86. The summed E-state index contributed by atoms with van der Waals surface area (Å²) >= 11 is 2.99. The minimum absolute atomic E-state index is 0.0141. The van der Waals surface area contributed by atoms with Crippen molar-refractivity contribution in [1.29, 1.82) is 0 Å². The summed E-state index contributed by atoms with van der Waals surface area (Å²) in [6.45, 7) is 0.674. The summed E-state index contributed by atoms with van der Waals surface area (Å²) in [5.41, 5.74) is 0. The number of hydrogen-bond donors (Lipinski definition) is 0. The van der Waals surface area contributed by atoms with Gasteiger partial charge in [0.05, 0.1) is 10.6 Å². The minimum Gasteiger partial charge on any atom is -0.485 e. The van der Waals surface area contributed by atoms with Gasteiger partial charge < -0.3 is 4.74 Å². The summed E-state index contributed by atoms with van der Waals surface area (Å²) in [7, 11) is -3.43. The Morgan fingerprint density at radius 1 is 1.53 bits per heavy atom. The van der Waals surface area contributed by atoms with Crippen molar-refractivity contribution in [2.75, 3.05) is 12.4 Å². The summed E-state index contributed by atoms with van der Waals surface area (Å²) in [5.74, 6) is -0.107. The molecule has 0 spiro atoms. The molecule has 0 unspecified atom stereocenters. The number of hydrogen-bond acceptors (Lipinski definition) is 4. The molecule has 0 amide bonds. The molecule has 0 aliphatic heterocycles. The normalized spacial score (nSPS) is 11.8. The molecule has 4 nitrogen and oxygen atoms in total. The van der Waals surface area contributed by atoms with Crippen molar-refractivity contribution in [2.24, 2.45) is 0 Å². The van der Waals surface area contributed by atoms with E-state index in [4.69, 9.17) is 4.74 Å². The Balaban J connectivity index is 3.03. The van der Waals surface area contributed by atoms with Crippen LogP contribution in [-0.4, -0.2) is 32.2 Å². The van der Waals surface area contributed by atoms with Gasteiger partial charge in [0, 0.05) is 12.3 Å². The summed E-state index contributed by atoms with van der Waals surface area (Å²) in [4.78, 5) is 3.69. The monoisotopic (exact) mass is 329 g/mol. The Hall–Kier alpha value is -0.760. The van der Waals surface area contributed by atoms with Gasteiger partial charge in [0.1, 0.15) is 11.2 Å². The lowest BCUT2D eigenvalue weighted by Gasteiger charge is -2.08. The Morgan fingerprint density at radius 3 is 2.71 bits per heavy atom. The molecule has 1 aromatic rings. The van der Waals surface area contributed by atoms with Crippen molar-refractivity contribution in [1.82, 2.24) is 4.98 Å². The van der Waals surface area contributed by atoms with Crippen LogP contribution in [0.3, 0.4) is 0 Å². The summed E-state index contributed by atoms with van der Waals surface area (Å²) in [5, 5.41) is 0. The van der Waals surface area contributed by atoms with Crippen molar-refractivity contribution in [2.45, 2.75) is 18.2 Å². The van der Waals surface area contributed by atoms with E-state index >= 15 is 0 Å². The molecule has 0 fully saturated rings. The summed E-state index contributed by atoms with van der Waals surface area (Å²) in [6.07, 6.45) is -1.48. The Bertz CT molecular complexity index is 493. The predicted octanol–water partition coefficient (Wildman–Crippen LogP) is 2.28. The molecule has 17 heavy (non-hydrogen) atoms. The maximum atomic E-state index is 12.0. The van der Waals surface area contributed by atoms with Crippen LogP contribution in [0.4, 0.5) is 8.78 Å². The van der Waals surface area contributed by atoms with Crippen LogP contribution in [0.2, 0.25) is 0 Å². The van der Waals surface area contributed by atoms with Gasteiger partial charge in [-0.3, -0.25) is 0 Å². The minimum atomic E-state index is -3.43. The highest BCUT2D eigenvalue weighted by atomic mass is 79.9. The first kappa shape index (κ1) is 14.3. The largest absolute Gasteiger partial charge is 0.485 e. The topological polar surface area (TPSA) is 56.3 Å². The van der Waals surface area contributed by atoms with E-state index in [1.54, 1.807) is 0 Å². The highest BCUT2D eigenvalue weighted by molar-refractivity contribution is 9.10. The molecule has 0 aliphatic rings. The Morgan fingerprint density at radius 2 is 2.18 bits per heavy atom. The number of sulfone groups is 1. The van der Waals surface area contributed by atoms with Crippen LogP contribution >= 0.6 is 15.9 Å². The first-order valence-electron chi connectivity index (χ1n) is 4.66. The maximum Gasteiger partial charge on any atom is 0.272 e. The molecular weight excluding hydrogens is 320 g/mol. The molecule has 0 radical (unpaired) electrons. The highest BCUT2D eigenvalue weighted by Gasteiger charge is 2.16. The molecule has 0 bridgehead atoms. The molecule has 1 heterocycles. The average Bonchev–Trinajstić information content (AvgIpc) is 2.27. The van der Waals surface area contributed by atoms with Crippen molar-refractivity contribution in [3.63, 3.8) is 0 Å². The number of alkyl halides is 2. The van der Waals surface area contributed by atoms with Crippen LogP contribution in [0.25, 0.3) is 0 Å². The van der Waals surface area contributed by atoms with Crippen LogP contribution in [0.5, 0.6) is 5.75 Å². The van der Waals surface area contributed by atoms with Gasteiger partial charge in [-0.15, -0.1) is 0 Å². The van der Waals surface area contributed by atoms with Crippen molar-refractivity contribution < 1.29 is 21.9 Å². The predicted molar refractivity (Wildman–Crippen MR) is 61.2 cm³/mol. The number of rotatable bonds is 5. The highest BCUT2D eigenvalue weighted by Crippen LogP contribution is 2.26.